The average Bonchev–Trinajstić information content (AvgIpc) is 2.25. The second kappa shape index (κ2) is 4.97. The number of carbonyl (C=O) groups excluding carboxylic acids is 1. The third-order valence-electron chi connectivity index (χ3n) is 3.75. The first-order valence-corrected chi connectivity index (χ1v) is 6.92. The summed E-state index contributed by atoms with van der Waals surface area (Å²) in [5.74, 6) is 0.171. The first kappa shape index (κ1) is 14.1. The van der Waals surface area contributed by atoms with Crippen LogP contribution in [0, 0.1) is 20.8 Å². The van der Waals surface area contributed by atoms with E-state index in [4.69, 9.17) is 0 Å². The fourth-order valence-electron chi connectivity index (χ4n) is 2.99. The Hall–Kier alpha value is -1.35. The summed E-state index contributed by atoms with van der Waals surface area (Å²) in [6, 6.07) is 4.18. The summed E-state index contributed by atoms with van der Waals surface area (Å²) in [7, 11) is 0. The van der Waals surface area contributed by atoms with Crippen LogP contribution < -0.4 is 5.32 Å². The number of hydrogen-bond donors (Lipinski definition) is 1. The van der Waals surface area contributed by atoms with Crippen LogP contribution in [0.5, 0.6) is 0 Å². The van der Waals surface area contributed by atoms with Crippen LogP contribution in [-0.4, -0.2) is 36.0 Å². The van der Waals surface area contributed by atoms with Gasteiger partial charge in [0.2, 0.25) is 0 Å². The molecule has 1 N–H and O–H groups in total. The van der Waals surface area contributed by atoms with E-state index in [9.17, 15) is 4.79 Å². The third kappa shape index (κ3) is 2.98. The van der Waals surface area contributed by atoms with Crippen molar-refractivity contribution < 1.29 is 4.79 Å². The lowest BCUT2D eigenvalue weighted by Crippen LogP contribution is -2.58. The van der Waals surface area contributed by atoms with Crippen LogP contribution in [-0.2, 0) is 0 Å². The highest BCUT2D eigenvalue weighted by molar-refractivity contribution is 5.97. The Bertz CT molecular complexity index is 482. The highest BCUT2D eigenvalue weighted by atomic mass is 16.2. The van der Waals surface area contributed by atoms with Crippen LogP contribution in [0.2, 0.25) is 0 Å². The number of benzene rings is 1. The molecule has 0 bridgehead atoms. The van der Waals surface area contributed by atoms with Gasteiger partial charge in [-0.2, -0.15) is 0 Å². The molecule has 3 heteroatoms. The van der Waals surface area contributed by atoms with Crippen LogP contribution in [0.1, 0.15) is 40.9 Å². The van der Waals surface area contributed by atoms with E-state index in [2.05, 4.69) is 38.2 Å². The molecule has 3 nitrogen and oxygen atoms in total. The standard InChI is InChI=1S/C16H24N2O/c1-11-8-12(2)14(13(3)9-11)15(19)18-7-6-17-16(4,5)10-18/h8-9,17H,6-7,10H2,1-5H3. The summed E-state index contributed by atoms with van der Waals surface area (Å²) in [6.07, 6.45) is 0. The predicted molar refractivity (Wildman–Crippen MR) is 78.6 cm³/mol. The Kier molecular flexibility index (Phi) is 3.68. The maximum atomic E-state index is 12.7. The molecule has 0 saturated carbocycles. The topological polar surface area (TPSA) is 32.3 Å². The van der Waals surface area contributed by atoms with E-state index in [1.807, 2.05) is 18.7 Å². The maximum absolute atomic E-state index is 12.7. The Labute approximate surface area is 116 Å². The van der Waals surface area contributed by atoms with Gasteiger partial charge in [0.15, 0.2) is 0 Å². The largest absolute Gasteiger partial charge is 0.336 e. The number of rotatable bonds is 1. The molecule has 1 saturated heterocycles. The number of nitrogens with one attached hydrogen (secondary N) is 1. The van der Waals surface area contributed by atoms with Gasteiger partial charge in [-0.15, -0.1) is 0 Å². The van der Waals surface area contributed by atoms with Crippen molar-refractivity contribution in [3.05, 3.63) is 34.4 Å². The van der Waals surface area contributed by atoms with Crippen molar-refractivity contribution in [3.8, 4) is 0 Å². The summed E-state index contributed by atoms with van der Waals surface area (Å²) < 4.78 is 0. The number of piperazine rings is 1. The van der Waals surface area contributed by atoms with Gasteiger partial charge in [-0.3, -0.25) is 4.79 Å². The van der Waals surface area contributed by atoms with Gasteiger partial charge in [-0.05, 0) is 45.7 Å². The molecule has 1 heterocycles. The molecule has 0 aromatic heterocycles. The van der Waals surface area contributed by atoms with E-state index in [-0.39, 0.29) is 11.4 Å². The number of aryl methyl sites for hydroxylation is 3. The number of nitrogens with zero attached hydrogens (tertiary/aromatic N) is 1. The predicted octanol–water partition coefficient (Wildman–Crippen LogP) is 2.44. The fraction of sp³-hybridized carbons (Fsp3) is 0.562. The molecule has 0 atom stereocenters. The van der Waals surface area contributed by atoms with Gasteiger partial charge in [-0.1, -0.05) is 17.7 Å². The lowest BCUT2D eigenvalue weighted by molar-refractivity contribution is 0.0650. The highest BCUT2D eigenvalue weighted by Crippen LogP contribution is 2.20. The lowest BCUT2D eigenvalue weighted by atomic mass is 9.96. The molecule has 19 heavy (non-hydrogen) atoms. The SMILES string of the molecule is Cc1cc(C)c(C(=O)N2CCNC(C)(C)C2)c(C)c1. The minimum atomic E-state index is 0.000413. The minimum absolute atomic E-state index is 0.000413. The molecule has 0 radical (unpaired) electrons. The summed E-state index contributed by atoms with van der Waals surface area (Å²) in [5, 5.41) is 3.44. The van der Waals surface area contributed by atoms with E-state index in [1.165, 1.54) is 5.56 Å². The highest BCUT2D eigenvalue weighted by Gasteiger charge is 2.30. The molecule has 1 fully saturated rings. The van der Waals surface area contributed by atoms with Gasteiger partial charge in [0.1, 0.15) is 0 Å². The van der Waals surface area contributed by atoms with Crippen LogP contribution in [0.4, 0.5) is 0 Å². The van der Waals surface area contributed by atoms with Gasteiger partial charge < -0.3 is 10.2 Å². The first-order valence-electron chi connectivity index (χ1n) is 6.92. The molecule has 0 aliphatic carbocycles. The Morgan fingerprint density at radius 2 is 1.79 bits per heavy atom. The summed E-state index contributed by atoms with van der Waals surface area (Å²) in [6.45, 7) is 12.8. The fourth-order valence-corrected chi connectivity index (χ4v) is 2.99. The molecular formula is C16H24N2O. The summed E-state index contributed by atoms with van der Waals surface area (Å²) >= 11 is 0. The smallest absolute Gasteiger partial charge is 0.254 e. The Morgan fingerprint density at radius 3 is 2.32 bits per heavy atom. The normalized spacial score (nSPS) is 18.5. The van der Waals surface area contributed by atoms with Gasteiger partial charge in [0.05, 0.1) is 0 Å². The average molecular weight is 260 g/mol. The zero-order valence-electron chi connectivity index (χ0n) is 12.6. The second-order valence-corrected chi connectivity index (χ2v) is 6.31. The van der Waals surface area contributed by atoms with Crippen molar-refractivity contribution in [1.82, 2.24) is 10.2 Å². The van der Waals surface area contributed by atoms with Crippen LogP contribution in [0.25, 0.3) is 0 Å². The molecule has 1 aromatic carbocycles. The lowest BCUT2D eigenvalue weighted by Gasteiger charge is -2.39. The number of carbonyl (C=O) groups is 1. The summed E-state index contributed by atoms with van der Waals surface area (Å²) in [5.41, 5.74) is 4.26. The molecule has 0 unspecified atom stereocenters. The van der Waals surface area contributed by atoms with Gasteiger partial charge in [-0.25, -0.2) is 0 Å². The quantitative estimate of drug-likeness (QED) is 0.841. The monoisotopic (exact) mass is 260 g/mol. The van der Waals surface area contributed by atoms with E-state index in [1.54, 1.807) is 0 Å². The third-order valence-corrected chi connectivity index (χ3v) is 3.75. The van der Waals surface area contributed by atoms with Crippen molar-refractivity contribution in [2.24, 2.45) is 0 Å². The molecule has 2 rings (SSSR count). The zero-order chi connectivity index (χ0) is 14.2. The molecule has 1 aliphatic rings. The van der Waals surface area contributed by atoms with Gasteiger partial charge >= 0.3 is 0 Å². The van der Waals surface area contributed by atoms with E-state index >= 15 is 0 Å². The molecule has 104 valence electrons. The molecule has 1 amide bonds. The van der Waals surface area contributed by atoms with E-state index in [0.29, 0.717) is 0 Å². The van der Waals surface area contributed by atoms with Crippen LogP contribution >= 0.6 is 0 Å². The van der Waals surface area contributed by atoms with E-state index in [0.717, 1.165) is 36.3 Å². The van der Waals surface area contributed by atoms with Gasteiger partial charge in [0, 0.05) is 30.7 Å². The minimum Gasteiger partial charge on any atom is -0.336 e. The molecule has 1 aromatic rings. The molecule has 1 aliphatic heterocycles. The van der Waals surface area contributed by atoms with Gasteiger partial charge in [0.25, 0.3) is 5.91 Å². The first-order chi connectivity index (χ1) is 8.80. The second-order valence-electron chi connectivity index (χ2n) is 6.31. The maximum Gasteiger partial charge on any atom is 0.254 e. The molecule has 0 spiro atoms. The van der Waals surface area contributed by atoms with Crippen molar-refractivity contribution >= 4 is 5.91 Å². The van der Waals surface area contributed by atoms with Crippen molar-refractivity contribution in [3.63, 3.8) is 0 Å². The number of amides is 1. The van der Waals surface area contributed by atoms with Crippen molar-refractivity contribution in [1.29, 1.82) is 0 Å². The zero-order valence-corrected chi connectivity index (χ0v) is 12.6. The Balaban J connectivity index is 2.30. The number of hydrogen-bond acceptors (Lipinski definition) is 2. The van der Waals surface area contributed by atoms with E-state index < -0.39 is 0 Å². The molecular weight excluding hydrogens is 236 g/mol. The van der Waals surface area contributed by atoms with Crippen molar-refractivity contribution in [2.45, 2.75) is 40.2 Å². The van der Waals surface area contributed by atoms with Crippen LogP contribution in [0.15, 0.2) is 12.1 Å². The Morgan fingerprint density at radius 1 is 1.21 bits per heavy atom. The summed E-state index contributed by atoms with van der Waals surface area (Å²) in [4.78, 5) is 14.7. The van der Waals surface area contributed by atoms with Crippen molar-refractivity contribution in [2.75, 3.05) is 19.6 Å². The van der Waals surface area contributed by atoms with Crippen LogP contribution in [0.3, 0.4) is 0 Å².